The maximum atomic E-state index is 12.2. The molecule has 0 radical (unpaired) electrons. The molecule has 1 saturated heterocycles. The summed E-state index contributed by atoms with van der Waals surface area (Å²) in [5.41, 5.74) is 2.15. The molecule has 1 heterocycles. The number of cyclic esters (lactones) is 1. The van der Waals surface area contributed by atoms with E-state index in [2.05, 4.69) is 5.32 Å². The molecule has 5 nitrogen and oxygen atoms in total. The maximum Gasteiger partial charge on any atom is 0.316 e. The summed E-state index contributed by atoms with van der Waals surface area (Å²) in [5, 5.41) is 3.28. The third-order valence-electron chi connectivity index (χ3n) is 4.16. The van der Waals surface area contributed by atoms with Gasteiger partial charge in [0.2, 0.25) is 0 Å². The largest absolute Gasteiger partial charge is 0.493 e. The van der Waals surface area contributed by atoms with Crippen LogP contribution in [0.25, 0.3) is 0 Å². The predicted molar refractivity (Wildman–Crippen MR) is 73.1 cm³/mol. The van der Waals surface area contributed by atoms with E-state index in [0.717, 1.165) is 30.4 Å². The highest BCUT2D eigenvalue weighted by atomic mass is 16.5. The molecule has 1 aromatic rings. The van der Waals surface area contributed by atoms with Gasteiger partial charge in [0, 0.05) is 6.04 Å². The molecule has 2 atom stereocenters. The van der Waals surface area contributed by atoms with Crippen LogP contribution in [-0.2, 0) is 16.0 Å². The summed E-state index contributed by atoms with van der Waals surface area (Å²) >= 11 is 0. The lowest BCUT2D eigenvalue weighted by Crippen LogP contribution is -2.46. The van der Waals surface area contributed by atoms with Crippen LogP contribution in [0.1, 0.15) is 29.9 Å². The summed E-state index contributed by atoms with van der Waals surface area (Å²) in [6, 6.07) is 4.06. The zero-order chi connectivity index (χ0) is 14.1. The van der Waals surface area contributed by atoms with E-state index in [9.17, 15) is 4.79 Å². The normalized spacial score (nSPS) is 25.0. The van der Waals surface area contributed by atoms with E-state index < -0.39 is 0 Å². The Labute approximate surface area is 118 Å². The van der Waals surface area contributed by atoms with Gasteiger partial charge in [-0.15, -0.1) is 0 Å². The standard InChI is InChI=1S/C15H19NO4/c1-18-12-6-9-4-3-5-11-14(15(17)20-8-16-11)10(9)7-13(12)19-2/h6-7,11,14,16H,3-5,8H2,1-2H3/t11-,14+/m0/s1. The highest BCUT2D eigenvalue weighted by Crippen LogP contribution is 2.39. The van der Waals surface area contributed by atoms with Crippen molar-refractivity contribution in [2.75, 3.05) is 21.0 Å². The molecule has 108 valence electrons. The Kier molecular flexibility index (Phi) is 3.53. The number of methoxy groups -OCH3 is 2. The van der Waals surface area contributed by atoms with Gasteiger partial charge in [-0.2, -0.15) is 0 Å². The highest BCUT2D eigenvalue weighted by Gasteiger charge is 2.38. The van der Waals surface area contributed by atoms with Crippen LogP contribution in [0, 0.1) is 0 Å². The van der Waals surface area contributed by atoms with Crippen molar-refractivity contribution in [2.45, 2.75) is 31.2 Å². The molecule has 0 spiro atoms. The van der Waals surface area contributed by atoms with Gasteiger partial charge < -0.3 is 14.2 Å². The molecular weight excluding hydrogens is 258 g/mol. The van der Waals surface area contributed by atoms with Crippen LogP contribution in [0.15, 0.2) is 12.1 Å². The lowest BCUT2D eigenvalue weighted by Gasteiger charge is -2.31. The third kappa shape index (κ3) is 2.12. The lowest BCUT2D eigenvalue weighted by atomic mass is 9.88. The number of esters is 1. The van der Waals surface area contributed by atoms with E-state index in [0.29, 0.717) is 18.2 Å². The summed E-state index contributed by atoms with van der Waals surface area (Å²) in [6.07, 6.45) is 2.96. The Morgan fingerprint density at radius 1 is 1.25 bits per heavy atom. The molecule has 0 unspecified atom stereocenters. The number of ether oxygens (including phenoxy) is 3. The fourth-order valence-corrected chi connectivity index (χ4v) is 3.16. The topological polar surface area (TPSA) is 56.8 Å². The second kappa shape index (κ2) is 5.32. The molecule has 0 bridgehead atoms. The van der Waals surface area contributed by atoms with E-state index >= 15 is 0 Å². The minimum atomic E-state index is -0.249. The first-order valence-corrected chi connectivity index (χ1v) is 6.89. The van der Waals surface area contributed by atoms with Gasteiger partial charge in [-0.05, 0) is 42.5 Å². The number of carbonyl (C=O) groups is 1. The Morgan fingerprint density at radius 2 is 2.00 bits per heavy atom. The van der Waals surface area contributed by atoms with Crippen molar-refractivity contribution in [3.63, 3.8) is 0 Å². The smallest absolute Gasteiger partial charge is 0.316 e. The van der Waals surface area contributed by atoms with Crippen molar-refractivity contribution in [1.29, 1.82) is 0 Å². The number of hydrogen-bond donors (Lipinski definition) is 1. The van der Waals surface area contributed by atoms with Gasteiger partial charge in [0.25, 0.3) is 0 Å². The molecule has 3 rings (SSSR count). The van der Waals surface area contributed by atoms with Crippen LogP contribution >= 0.6 is 0 Å². The quantitative estimate of drug-likeness (QED) is 0.832. The van der Waals surface area contributed by atoms with Gasteiger partial charge >= 0.3 is 5.97 Å². The molecule has 20 heavy (non-hydrogen) atoms. The second-order valence-corrected chi connectivity index (χ2v) is 5.19. The van der Waals surface area contributed by atoms with Crippen LogP contribution in [0.4, 0.5) is 0 Å². The minimum Gasteiger partial charge on any atom is -0.493 e. The molecule has 5 heteroatoms. The molecule has 1 fully saturated rings. The first-order valence-electron chi connectivity index (χ1n) is 6.89. The number of carbonyl (C=O) groups excluding carboxylic acids is 1. The van der Waals surface area contributed by atoms with Crippen LogP contribution in [0.3, 0.4) is 0 Å². The number of rotatable bonds is 2. The van der Waals surface area contributed by atoms with Gasteiger partial charge in [0.1, 0.15) is 6.73 Å². The SMILES string of the molecule is COc1cc2c(cc1OC)[C@H]1C(=O)OCN[C@H]1CCC2. The maximum absolute atomic E-state index is 12.2. The van der Waals surface area contributed by atoms with Gasteiger partial charge in [-0.25, -0.2) is 0 Å². The van der Waals surface area contributed by atoms with E-state index in [1.54, 1.807) is 14.2 Å². The van der Waals surface area contributed by atoms with Crippen LogP contribution < -0.4 is 14.8 Å². The average Bonchev–Trinajstić information content (AvgIpc) is 2.65. The third-order valence-corrected chi connectivity index (χ3v) is 4.16. The van der Waals surface area contributed by atoms with Crippen molar-refractivity contribution in [1.82, 2.24) is 5.32 Å². The Hall–Kier alpha value is -1.75. The molecule has 1 N–H and O–H groups in total. The number of aryl methyl sites for hydroxylation is 1. The number of hydrogen-bond acceptors (Lipinski definition) is 5. The van der Waals surface area contributed by atoms with Crippen LogP contribution in [0.5, 0.6) is 11.5 Å². The van der Waals surface area contributed by atoms with Crippen molar-refractivity contribution in [3.05, 3.63) is 23.3 Å². The van der Waals surface area contributed by atoms with Crippen LogP contribution in [0.2, 0.25) is 0 Å². The summed E-state index contributed by atoms with van der Waals surface area (Å²) in [5.74, 6) is 0.970. The highest BCUT2D eigenvalue weighted by molar-refractivity contribution is 5.81. The first kappa shape index (κ1) is 13.2. The van der Waals surface area contributed by atoms with Gasteiger partial charge in [-0.1, -0.05) is 0 Å². The summed E-state index contributed by atoms with van der Waals surface area (Å²) in [6.45, 7) is 0.308. The van der Waals surface area contributed by atoms with E-state index in [-0.39, 0.29) is 17.9 Å². The number of fused-ring (bicyclic) bond motifs is 3. The number of benzene rings is 1. The molecule has 1 aliphatic carbocycles. The van der Waals surface area contributed by atoms with Crippen molar-refractivity contribution < 1.29 is 19.0 Å². The molecule has 2 aliphatic rings. The average molecular weight is 277 g/mol. The van der Waals surface area contributed by atoms with Gasteiger partial charge in [-0.3, -0.25) is 10.1 Å². The van der Waals surface area contributed by atoms with Crippen molar-refractivity contribution in [2.24, 2.45) is 0 Å². The molecule has 0 amide bonds. The summed E-state index contributed by atoms with van der Waals surface area (Å²) in [7, 11) is 3.23. The van der Waals surface area contributed by atoms with Crippen molar-refractivity contribution >= 4 is 5.97 Å². The predicted octanol–water partition coefficient (Wildman–Crippen LogP) is 1.60. The lowest BCUT2D eigenvalue weighted by molar-refractivity contribution is -0.151. The molecule has 1 aromatic carbocycles. The van der Waals surface area contributed by atoms with Crippen molar-refractivity contribution in [3.8, 4) is 11.5 Å². The van der Waals surface area contributed by atoms with E-state index in [1.807, 2.05) is 12.1 Å². The zero-order valence-corrected chi connectivity index (χ0v) is 11.8. The fraction of sp³-hybridized carbons (Fsp3) is 0.533. The number of nitrogens with one attached hydrogen (secondary N) is 1. The minimum absolute atomic E-state index is 0.149. The van der Waals surface area contributed by atoms with Gasteiger partial charge in [0.15, 0.2) is 11.5 Å². The molecule has 1 aliphatic heterocycles. The molecule has 0 saturated carbocycles. The Morgan fingerprint density at radius 3 is 2.75 bits per heavy atom. The second-order valence-electron chi connectivity index (χ2n) is 5.19. The molecule has 0 aromatic heterocycles. The monoisotopic (exact) mass is 277 g/mol. The van der Waals surface area contributed by atoms with E-state index in [1.165, 1.54) is 0 Å². The van der Waals surface area contributed by atoms with Crippen LogP contribution in [-0.4, -0.2) is 33.0 Å². The Balaban J connectivity index is 2.10. The zero-order valence-electron chi connectivity index (χ0n) is 11.8. The first-order chi connectivity index (χ1) is 9.74. The summed E-state index contributed by atoms with van der Waals surface area (Å²) < 4.78 is 15.9. The van der Waals surface area contributed by atoms with Gasteiger partial charge in [0.05, 0.1) is 20.1 Å². The Bertz CT molecular complexity index is 529. The molecular formula is C15H19NO4. The summed E-state index contributed by atoms with van der Waals surface area (Å²) in [4.78, 5) is 12.2. The fourth-order valence-electron chi connectivity index (χ4n) is 3.16. The van der Waals surface area contributed by atoms with E-state index in [4.69, 9.17) is 14.2 Å².